The number of hydrogen-bond donors (Lipinski definition) is 1. The highest BCUT2D eigenvalue weighted by atomic mass is 79.9. The highest BCUT2D eigenvalue weighted by molar-refractivity contribution is 9.10. The van der Waals surface area contributed by atoms with Crippen LogP contribution in [-0.2, 0) is 11.3 Å². The molecule has 0 aliphatic carbocycles. The second-order valence-electron chi connectivity index (χ2n) is 2.30. The fourth-order valence-electron chi connectivity index (χ4n) is 0.777. The van der Waals surface area contributed by atoms with Gasteiger partial charge in [0.2, 0.25) is 0 Å². The number of nitrogens with zero attached hydrogens (tertiary/aromatic N) is 1. The van der Waals surface area contributed by atoms with E-state index in [2.05, 4.69) is 20.9 Å². The topological polar surface area (TPSA) is 51.6 Å². The van der Waals surface area contributed by atoms with Crippen molar-refractivity contribution in [1.82, 2.24) is 4.98 Å². The van der Waals surface area contributed by atoms with Gasteiger partial charge in [0.1, 0.15) is 4.60 Å². The van der Waals surface area contributed by atoms with E-state index in [1.165, 1.54) is 0 Å². The van der Waals surface area contributed by atoms with E-state index in [4.69, 9.17) is 14.6 Å². The number of hydrogen-bond acceptors (Lipinski definition) is 4. The van der Waals surface area contributed by atoms with Crippen molar-refractivity contribution in [2.75, 3.05) is 13.9 Å². The van der Waals surface area contributed by atoms with Crippen LogP contribution in [0.5, 0.6) is 5.75 Å². The largest absolute Gasteiger partial charge is 0.465 e. The summed E-state index contributed by atoms with van der Waals surface area (Å²) in [4.78, 5) is 4.03. The number of pyridine rings is 1. The number of aliphatic hydroxyl groups is 1. The lowest BCUT2D eigenvalue weighted by Gasteiger charge is -2.06. The summed E-state index contributed by atoms with van der Waals surface area (Å²) in [6.07, 6.45) is 0. The van der Waals surface area contributed by atoms with Crippen LogP contribution in [0.3, 0.4) is 0 Å². The molecule has 13 heavy (non-hydrogen) atoms. The van der Waals surface area contributed by atoms with E-state index in [0.717, 1.165) is 0 Å². The second kappa shape index (κ2) is 5.16. The fraction of sp³-hybridized carbons (Fsp3) is 0.375. The Labute approximate surface area is 84.6 Å². The lowest BCUT2D eigenvalue weighted by molar-refractivity contribution is 0.0502. The number of aliphatic hydroxyl groups excluding tert-OH is 1. The van der Waals surface area contributed by atoms with E-state index in [0.29, 0.717) is 16.0 Å². The van der Waals surface area contributed by atoms with Crippen molar-refractivity contribution in [2.24, 2.45) is 0 Å². The molecule has 5 heteroatoms. The molecular weight excluding hydrogens is 238 g/mol. The molecular formula is C8H10BrNO3. The van der Waals surface area contributed by atoms with Crippen LogP contribution in [0.1, 0.15) is 5.69 Å². The molecule has 0 saturated heterocycles. The van der Waals surface area contributed by atoms with E-state index in [9.17, 15) is 0 Å². The fourth-order valence-corrected chi connectivity index (χ4v) is 1.25. The lowest BCUT2D eigenvalue weighted by atomic mass is 10.3. The molecule has 0 aromatic carbocycles. The summed E-state index contributed by atoms with van der Waals surface area (Å²) in [7, 11) is 1.55. The van der Waals surface area contributed by atoms with E-state index < -0.39 is 0 Å². The van der Waals surface area contributed by atoms with Crippen molar-refractivity contribution in [3.8, 4) is 5.75 Å². The van der Waals surface area contributed by atoms with Gasteiger partial charge in [0, 0.05) is 7.11 Å². The lowest BCUT2D eigenvalue weighted by Crippen LogP contribution is -2.01. The smallest absolute Gasteiger partial charge is 0.188 e. The molecule has 0 amide bonds. The summed E-state index contributed by atoms with van der Waals surface area (Å²) in [6, 6.07) is 3.41. The Kier molecular flexibility index (Phi) is 4.14. The Morgan fingerprint density at radius 1 is 1.54 bits per heavy atom. The number of methoxy groups -OCH3 is 1. The van der Waals surface area contributed by atoms with E-state index in [-0.39, 0.29) is 13.4 Å². The Morgan fingerprint density at radius 3 is 2.85 bits per heavy atom. The van der Waals surface area contributed by atoms with Crippen LogP contribution in [0.15, 0.2) is 16.7 Å². The minimum Gasteiger partial charge on any atom is -0.465 e. The van der Waals surface area contributed by atoms with Gasteiger partial charge in [-0.15, -0.1) is 0 Å². The average molecular weight is 248 g/mol. The van der Waals surface area contributed by atoms with Crippen molar-refractivity contribution in [3.63, 3.8) is 0 Å². The minimum absolute atomic E-state index is 0.0802. The Bertz CT molecular complexity index is 280. The van der Waals surface area contributed by atoms with Crippen LogP contribution in [-0.4, -0.2) is 24.0 Å². The molecule has 0 fully saturated rings. The summed E-state index contributed by atoms with van der Waals surface area (Å²) < 4.78 is 10.5. The van der Waals surface area contributed by atoms with Gasteiger partial charge in [-0.25, -0.2) is 4.98 Å². The van der Waals surface area contributed by atoms with Gasteiger partial charge in [-0.05, 0) is 28.1 Å². The molecule has 0 aliphatic heterocycles. The van der Waals surface area contributed by atoms with Gasteiger partial charge in [-0.2, -0.15) is 0 Å². The number of aromatic nitrogens is 1. The molecule has 0 spiro atoms. The van der Waals surface area contributed by atoms with Gasteiger partial charge in [0.15, 0.2) is 12.5 Å². The van der Waals surface area contributed by atoms with Crippen LogP contribution >= 0.6 is 15.9 Å². The highest BCUT2D eigenvalue weighted by Gasteiger charge is 2.02. The van der Waals surface area contributed by atoms with Gasteiger partial charge in [0.05, 0.1) is 12.3 Å². The van der Waals surface area contributed by atoms with Gasteiger partial charge in [-0.1, -0.05) is 0 Å². The molecule has 1 aromatic rings. The SMILES string of the molecule is COCOc1ccc(CO)nc1Br. The molecule has 0 unspecified atom stereocenters. The molecule has 1 N–H and O–H groups in total. The molecule has 1 rings (SSSR count). The summed E-state index contributed by atoms with van der Waals surface area (Å²) in [5.74, 6) is 0.596. The third-order valence-corrected chi connectivity index (χ3v) is 1.93. The Morgan fingerprint density at radius 2 is 2.31 bits per heavy atom. The predicted molar refractivity (Wildman–Crippen MR) is 50.4 cm³/mol. The van der Waals surface area contributed by atoms with Crippen molar-refractivity contribution in [1.29, 1.82) is 0 Å². The van der Waals surface area contributed by atoms with Crippen LogP contribution in [0.25, 0.3) is 0 Å². The third kappa shape index (κ3) is 2.95. The van der Waals surface area contributed by atoms with E-state index in [1.54, 1.807) is 19.2 Å². The van der Waals surface area contributed by atoms with Crippen molar-refractivity contribution < 1.29 is 14.6 Å². The predicted octanol–water partition coefficient (Wildman–Crippen LogP) is 1.32. The Hall–Kier alpha value is -0.650. The average Bonchev–Trinajstić information content (AvgIpc) is 2.16. The highest BCUT2D eigenvalue weighted by Crippen LogP contribution is 2.22. The standard InChI is InChI=1S/C8H10BrNO3/c1-12-5-13-7-3-2-6(4-11)10-8(7)9/h2-3,11H,4-5H2,1H3. The first-order chi connectivity index (χ1) is 6.27. The van der Waals surface area contributed by atoms with Crippen molar-refractivity contribution >= 4 is 15.9 Å². The maximum absolute atomic E-state index is 8.78. The van der Waals surface area contributed by atoms with Gasteiger partial charge in [-0.3, -0.25) is 0 Å². The molecule has 0 atom stereocenters. The van der Waals surface area contributed by atoms with Crippen molar-refractivity contribution in [3.05, 3.63) is 22.4 Å². The molecule has 1 heterocycles. The van der Waals surface area contributed by atoms with Gasteiger partial charge in [0.25, 0.3) is 0 Å². The molecule has 0 aliphatic rings. The molecule has 0 saturated carbocycles. The van der Waals surface area contributed by atoms with Crippen LogP contribution < -0.4 is 4.74 Å². The molecule has 1 aromatic heterocycles. The summed E-state index contributed by atoms with van der Waals surface area (Å²) >= 11 is 3.22. The molecule has 0 radical (unpaired) electrons. The third-order valence-electron chi connectivity index (χ3n) is 1.37. The maximum Gasteiger partial charge on any atom is 0.188 e. The first-order valence-electron chi connectivity index (χ1n) is 3.66. The Balaban J connectivity index is 2.73. The van der Waals surface area contributed by atoms with Gasteiger partial charge >= 0.3 is 0 Å². The zero-order valence-corrected chi connectivity index (χ0v) is 8.74. The molecule has 0 bridgehead atoms. The van der Waals surface area contributed by atoms with Crippen LogP contribution in [0.4, 0.5) is 0 Å². The normalized spacial score (nSPS) is 10.1. The number of ether oxygens (including phenoxy) is 2. The first-order valence-corrected chi connectivity index (χ1v) is 4.45. The monoisotopic (exact) mass is 247 g/mol. The molecule has 4 nitrogen and oxygen atoms in total. The molecule has 72 valence electrons. The number of rotatable bonds is 4. The second-order valence-corrected chi connectivity index (χ2v) is 3.05. The van der Waals surface area contributed by atoms with Gasteiger partial charge < -0.3 is 14.6 Å². The van der Waals surface area contributed by atoms with Crippen molar-refractivity contribution in [2.45, 2.75) is 6.61 Å². The number of halogens is 1. The maximum atomic E-state index is 8.78. The zero-order valence-electron chi connectivity index (χ0n) is 7.16. The minimum atomic E-state index is -0.0802. The summed E-state index contributed by atoms with van der Waals surface area (Å²) in [6.45, 7) is 0.0991. The quantitative estimate of drug-likeness (QED) is 0.644. The van der Waals surface area contributed by atoms with E-state index in [1.807, 2.05) is 0 Å². The van der Waals surface area contributed by atoms with E-state index >= 15 is 0 Å². The summed E-state index contributed by atoms with van der Waals surface area (Å²) in [5, 5.41) is 8.78. The first kappa shape index (κ1) is 10.4. The van der Waals surface area contributed by atoms with Crippen LogP contribution in [0.2, 0.25) is 0 Å². The van der Waals surface area contributed by atoms with Crippen LogP contribution in [0, 0.1) is 0 Å². The zero-order chi connectivity index (χ0) is 9.68. The summed E-state index contributed by atoms with van der Waals surface area (Å²) in [5.41, 5.74) is 0.594.